The SMILES string of the molecule is O=C(O)c1cccc(Cn2ncc3cc(Cl)cc(Br)c32)c1F. The second-order valence-electron chi connectivity index (χ2n) is 4.71. The smallest absolute Gasteiger partial charge is 0.338 e. The lowest BCUT2D eigenvalue weighted by Gasteiger charge is -2.08. The van der Waals surface area contributed by atoms with E-state index in [2.05, 4.69) is 21.0 Å². The third kappa shape index (κ3) is 2.60. The molecule has 0 amide bonds. The van der Waals surface area contributed by atoms with Gasteiger partial charge in [-0.05, 0) is 34.1 Å². The second-order valence-corrected chi connectivity index (χ2v) is 6.00. The summed E-state index contributed by atoms with van der Waals surface area (Å²) in [6.45, 7) is 0.122. The fraction of sp³-hybridized carbons (Fsp3) is 0.0667. The van der Waals surface area contributed by atoms with E-state index < -0.39 is 11.8 Å². The minimum Gasteiger partial charge on any atom is -0.478 e. The van der Waals surface area contributed by atoms with E-state index >= 15 is 0 Å². The maximum atomic E-state index is 14.2. The molecule has 3 aromatic rings. The van der Waals surface area contributed by atoms with Crippen LogP contribution in [0, 0.1) is 5.82 Å². The highest BCUT2D eigenvalue weighted by Crippen LogP contribution is 2.29. The molecule has 7 heteroatoms. The number of nitrogens with zero attached hydrogens (tertiary/aromatic N) is 2. The van der Waals surface area contributed by atoms with E-state index in [-0.39, 0.29) is 17.7 Å². The number of hydrogen-bond donors (Lipinski definition) is 1. The normalized spacial score (nSPS) is 11.0. The first-order chi connectivity index (χ1) is 10.5. The van der Waals surface area contributed by atoms with Crippen molar-refractivity contribution in [2.45, 2.75) is 6.54 Å². The van der Waals surface area contributed by atoms with Gasteiger partial charge in [0, 0.05) is 20.4 Å². The fourth-order valence-corrected chi connectivity index (χ4v) is 3.33. The number of carbonyl (C=O) groups is 1. The van der Waals surface area contributed by atoms with E-state index in [1.165, 1.54) is 12.1 Å². The van der Waals surface area contributed by atoms with Gasteiger partial charge in [0.1, 0.15) is 5.82 Å². The maximum Gasteiger partial charge on any atom is 0.338 e. The Balaban J connectivity index is 2.08. The first-order valence-electron chi connectivity index (χ1n) is 6.28. The van der Waals surface area contributed by atoms with E-state index in [0.717, 1.165) is 15.4 Å². The summed E-state index contributed by atoms with van der Waals surface area (Å²) in [5.41, 5.74) is 0.673. The molecule has 1 N–H and O–H groups in total. The fourth-order valence-electron chi connectivity index (χ4n) is 2.29. The monoisotopic (exact) mass is 382 g/mol. The Hall–Kier alpha value is -1.92. The lowest BCUT2D eigenvalue weighted by molar-refractivity contribution is 0.0691. The van der Waals surface area contributed by atoms with Gasteiger partial charge in [-0.2, -0.15) is 5.10 Å². The molecule has 3 rings (SSSR count). The average Bonchev–Trinajstić information content (AvgIpc) is 2.83. The summed E-state index contributed by atoms with van der Waals surface area (Å²) in [6.07, 6.45) is 1.63. The first kappa shape index (κ1) is 15.0. The minimum absolute atomic E-state index is 0.122. The Kier molecular flexibility index (Phi) is 3.88. The Morgan fingerprint density at radius 3 is 2.91 bits per heavy atom. The molecule has 0 aliphatic rings. The lowest BCUT2D eigenvalue weighted by atomic mass is 10.1. The molecule has 1 heterocycles. The highest BCUT2D eigenvalue weighted by atomic mass is 79.9. The van der Waals surface area contributed by atoms with Gasteiger partial charge in [-0.15, -0.1) is 0 Å². The molecular formula is C15H9BrClFN2O2. The summed E-state index contributed by atoms with van der Waals surface area (Å²) in [5, 5.41) is 14.6. The number of carboxylic acid groups (broad SMARTS) is 1. The van der Waals surface area contributed by atoms with Crippen molar-refractivity contribution in [3.05, 3.63) is 63.0 Å². The number of carboxylic acids is 1. The van der Waals surface area contributed by atoms with E-state index in [1.54, 1.807) is 29.1 Å². The van der Waals surface area contributed by atoms with Crippen LogP contribution in [0.5, 0.6) is 0 Å². The molecule has 0 saturated heterocycles. The molecule has 2 aromatic carbocycles. The minimum atomic E-state index is -1.29. The molecule has 0 saturated carbocycles. The van der Waals surface area contributed by atoms with Crippen LogP contribution in [0.2, 0.25) is 5.02 Å². The molecular weight excluding hydrogens is 375 g/mol. The van der Waals surface area contributed by atoms with Gasteiger partial charge in [-0.25, -0.2) is 9.18 Å². The quantitative estimate of drug-likeness (QED) is 0.732. The molecule has 0 unspecified atom stereocenters. The largest absolute Gasteiger partial charge is 0.478 e. The van der Waals surface area contributed by atoms with E-state index in [0.29, 0.717) is 5.02 Å². The van der Waals surface area contributed by atoms with E-state index in [9.17, 15) is 9.18 Å². The molecule has 0 bridgehead atoms. The van der Waals surface area contributed by atoms with Gasteiger partial charge in [-0.3, -0.25) is 4.68 Å². The van der Waals surface area contributed by atoms with Gasteiger partial charge in [0.2, 0.25) is 0 Å². The van der Waals surface area contributed by atoms with Crippen molar-refractivity contribution in [1.82, 2.24) is 9.78 Å². The number of benzene rings is 2. The molecule has 0 spiro atoms. The van der Waals surface area contributed by atoms with E-state index in [1.807, 2.05) is 0 Å². The predicted octanol–water partition coefficient (Wildman–Crippen LogP) is 4.34. The zero-order valence-corrected chi connectivity index (χ0v) is 13.4. The number of halogens is 3. The molecule has 4 nitrogen and oxygen atoms in total. The van der Waals surface area contributed by atoms with Crippen molar-refractivity contribution in [3.8, 4) is 0 Å². The van der Waals surface area contributed by atoms with Crippen molar-refractivity contribution < 1.29 is 14.3 Å². The third-order valence-electron chi connectivity index (χ3n) is 3.28. The summed E-state index contributed by atoms with van der Waals surface area (Å²) in [6, 6.07) is 7.78. The van der Waals surface area contributed by atoms with Gasteiger partial charge in [0.25, 0.3) is 0 Å². The zero-order valence-electron chi connectivity index (χ0n) is 11.1. The third-order valence-corrected chi connectivity index (χ3v) is 4.10. The molecule has 0 radical (unpaired) electrons. The van der Waals surface area contributed by atoms with Gasteiger partial charge in [0.05, 0.1) is 23.8 Å². The predicted molar refractivity (Wildman–Crippen MR) is 84.9 cm³/mol. The molecule has 1 aromatic heterocycles. The zero-order chi connectivity index (χ0) is 15.9. The van der Waals surface area contributed by atoms with Crippen LogP contribution in [0.1, 0.15) is 15.9 Å². The Morgan fingerprint density at radius 2 is 2.18 bits per heavy atom. The number of aromatic nitrogens is 2. The van der Waals surface area contributed by atoms with Crippen molar-refractivity contribution in [1.29, 1.82) is 0 Å². The van der Waals surface area contributed by atoms with Crippen molar-refractivity contribution in [2.24, 2.45) is 0 Å². The van der Waals surface area contributed by atoms with Crippen LogP contribution in [0.25, 0.3) is 10.9 Å². The van der Waals surface area contributed by atoms with E-state index in [4.69, 9.17) is 16.7 Å². The van der Waals surface area contributed by atoms with Crippen molar-refractivity contribution in [3.63, 3.8) is 0 Å². The van der Waals surface area contributed by atoms with Gasteiger partial charge in [0.15, 0.2) is 0 Å². The number of hydrogen-bond acceptors (Lipinski definition) is 2. The number of rotatable bonds is 3. The number of aromatic carboxylic acids is 1. The van der Waals surface area contributed by atoms with Gasteiger partial charge < -0.3 is 5.11 Å². The van der Waals surface area contributed by atoms with Crippen LogP contribution < -0.4 is 0 Å². The first-order valence-corrected chi connectivity index (χ1v) is 7.45. The molecule has 0 fully saturated rings. The molecule has 22 heavy (non-hydrogen) atoms. The van der Waals surface area contributed by atoms with Crippen LogP contribution in [-0.4, -0.2) is 20.9 Å². The topological polar surface area (TPSA) is 55.1 Å². The van der Waals surface area contributed by atoms with Crippen LogP contribution in [0.15, 0.2) is 41.0 Å². The van der Waals surface area contributed by atoms with Crippen LogP contribution >= 0.6 is 27.5 Å². The molecule has 0 aliphatic carbocycles. The highest BCUT2D eigenvalue weighted by Gasteiger charge is 2.15. The highest BCUT2D eigenvalue weighted by molar-refractivity contribution is 9.10. The Morgan fingerprint density at radius 1 is 1.41 bits per heavy atom. The summed E-state index contributed by atoms with van der Waals surface area (Å²) in [5.74, 6) is -2.04. The summed E-state index contributed by atoms with van der Waals surface area (Å²) < 4.78 is 16.6. The number of fused-ring (bicyclic) bond motifs is 1. The summed E-state index contributed by atoms with van der Waals surface area (Å²) >= 11 is 9.40. The second kappa shape index (κ2) is 5.70. The standard InChI is InChI=1S/C15H9BrClFN2O2/c16-12-5-10(17)4-9-6-19-20(14(9)12)7-8-2-1-3-11(13(8)18)15(21)22/h1-6H,7H2,(H,21,22). The molecule has 0 atom stereocenters. The Labute approximate surface area is 138 Å². The van der Waals surface area contributed by atoms with Crippen LogP contribution in [-0.2, 0) is 6.54 Å². The Bertz CT molecular complexity index is 895. The average molecular weight is 384 g/mol. The van der Waals surface area contributed by atoms with Crippen molar-refractivity contribution >= 4 is 44.4 Å². The molecule has 0 aliphatic heterocycles. The summed E-state index contributed by atoms with van der Waals surface area (Å²) in [7, 11) is 0. The maximum absolute atomic E-state index is 14.2. The van der Waals surface area contributed by atoms with Crippen LogP contribution in [0.3, 0.4) is 0 Å². The lowest BCUT2D eigenvalue weighted by Crippen LogP contribution is -2.08. The van der Waals surface area contributed by atoms with Gasteiger partial charge in [-0.1, -0.05) is 23.7 Å². The molecule has 112 valence electrons. The van der Waals surface area contributed by atoms with Gasteiger partial charge >= 0.3 is 5.97 Å². The summed E-state index contributed by atoms with van der Waals surface area (Å²) in [4.78, 5) is 11.0. The van der Waals surface area contributed by atoms with Crippen molar-refractivity contribution in [2.75, 3.05) is 0 Å². The van der Waals surface area contributed by atoms with Crippen LogP contribution in [0.4, 0.5) is 4.39 Å².